The monoisotopic (exact) mass is 221 g/mol. The second-order valence-electron chi connectivity index (χ2n) is 4.61. The standard InChI is InChI=1S/C14H23NO/c1-5-15(11(2)3)10-14(16)13-8-6-12(4)7-9-13/h6-9,11,14,16H,5,10H2,1-4H3. The maximum Gasteiger partial charge on any atom is 0.0917 e. The molecule has 1 atom stereocenters. The van der Waals surface area contributed by atoms with Gasteiger partial charge in [0.25, 0.3) is 0 Å². The lowest BCUT2D eigenvalue weighted by atomic mass is 10.1. The van der Waals surface area contributed by atoms with Gasteiger partial charge in [-0.2, -0.15) is 0 Å². The van der Waals surface area contributed by atoms with Crippen molar-refractivity contribution in [3.8, 4) is 0 Å². The summed E-state index contributed by atoms with van der Waals surface area (Å²) >= 11 is 0. The Balaban J connectivity index is 2.64. The molecule has 2 heteroatoms. The molecule has 1 N–H and O–H groups in total. The van der Waals surface area contributed by atoms with Crippen LogP contribution < -0.4 is 0 Å². The topological polar surface area (TPSA) is 23.5 Å². The van der Waals surface area contributed by atoms with E-state index in [0.29, 0.717) is 12.6 Å². The van der Waals surface area contributed by atoms with E-state index in [1.165, 1.54) is 5.56 Å². The largest absolute Gasteiger partial charge is 0.387 e. The first-order valence-electron chi connectivity index (χ1n) is 6.03. The van der Waals surface area contributed by atoms with Crippen LogP contribution in [0.5, 0.6) is 0 Å². The van der Waals surface area contributed by atoms with E-state index >= 15 is 0 Å². The summed E-state index contributed by atoms with van der Waals surface area (Å²) in [5.41, 5.74) is 2.23. The van der Waals surface area contributed by atoms with Crippen LogP contribution in [0.4, 0.5) is 0 Å². The highest BCUT2D eigenvalue weighted by molar-refractivity contribution is 5.23. The molecule has 0 amide bonds. The Labute approximate surface area is 98.9 Å². The first-order valence-corrected chi connectivity index (χ1v) is 6.03. The highest BCUT2D eigenvalue weighted by Crippen LogP contribution is 2.16. The Morgan fingerprint density at radius 1 is 1.19 bits per heavy atom. The number of likely N-dealkylation sites (N-methyl/N-ethyl adjacent to an activating group) is 1. The van der Waals surface area contributed by atoms with Gasteiger partial charge in [-0.25, -0.2) is 0 Å². The molecule has 0 heterocycles. The minimum Gasteiger partial charge on any atom is -0.387 e. The van der Waals surface area contributed by atoms with Crippen molar-refractivity contribution in [2.45, 2.75) is 39.8 Å². The van der Waals surface area contributed by atoms with Gasteiger partial charge in [0.2, 0.25) is 0 Å². The Morgan fingerprint density at radius 3 is 2.19 bits per heavy atom. The van der Waals surface area contributed by atoms with Gasteiger partial charge in [-0.05, 0) is 32.9 Å². The normalized spacial score (nSPS) is 13.4. The van der Waals surface area contributed by atoms with Crippen molar-refractivity contribution in [2.75, 3.05) is 13.1 Å². The summed E-state index contributed by atoms with van der Waals surface area (Å²) in [6.45, 7) is 10.2. The number of hydrogen-bond acceptors (Lipinski definition) is 2. The Bertz CT molecular complexity index is 305. The molecule has 0 spiro atoms. The number of rotatable bonds is 5. The van der Waals surface area contributed by atoms with Crippen molar-refractivity contribution in [2.24, 2.45) is 0 Å². The first kappa shape index (κ1) is 13.2. The van der Waals surface area contributed by atoms with Crippen LogP contribution >= 0.6 is 0 Å². The van der Waals surface area contributed by atoms with E-state index in [1.54, 1.807) is 0 Å². The van der Waals surface area contributed by atoms with Gasteiger partial charge in [-0.3, -0.25) is 4.90 Å². The maximum absolute atomic E-state index is 10.1. The summed E-state index contributed by atoms with van der Waals surface area (Å²) in [5, 5.41) is 10.1. The highest BCUT2D eigenvalue weighted by Gasteiger charge is 2.14. The maximum atomic E-state index is 10.1. The average Bonchev–Trinajstić information content (AvgIpc) is 2.26. The van der Waals surface area contributed by atoms with Crippen molar-refractivity contribution in [1.82, 2.24) is 4.90 Å². The second-order valence-corrected chi connectivity index (χ2v) is 4.61. The van der Waals surface area contributed by atoms with Gasteiger partial charge in [0.05, 0.1) is 6.10 Å². The predicted molar refractivity (Wildman–Crippen MR) is 68.5 cm³/mol. The van der Waals surface area contributed by atoms with Crippen LogP contribution in [0.3, 0.4) is 0 Å². The highest BCUT2D eigenvalue weighted by atomic mass is 16.3. The van der Waals surface area contributed by atoms with Gasteiger partial charge in [0.1, 0.15) is 0 Å². The molecule has 1 aromatic rings. The molecule has 0 bridgehead atoms. The van der Waals surface area contributed by atoms with Crippen molar-refractivity contribution in [1.29, 1.82) is 0 Å². The fraction of sp³-hybridized carbons (Fsp3) is 0.571. The summed E-state index contributed by atoms with van der Waals surface area (Å²) in [6, 6.07) is 8.58. The second kappa shape index (κ2) is 6.02. The number of benzene rings is 1. The van der Waals surface area contributed by atoms with E-state index in [2.05, 4.69) is 32.6 Å². The summed E-state index contributed by atoms with van der Waals surface area (Å²) in [7, 11) is 0. The molecule has 90 valence electrons. The number of aryl methyl sites for hydroxylation is 1. The molecule has 0 saturated carbocycles. The van der Waals surface area contributed by atoms with Crippen molar-refractivity contribution in [3.63, 3.8) is 0 Å². The molecule has 0 saturated heterocycles. The van der Waals surface area contributed by atoms with E-state index in [9.17, 15) is 5.11 Å². The summed E-state index contributed by atoms with van der Waals surface area (Å²) < 4.78 is 0. The van der Waals surface area contributed by atoms with E-state index in [-0.39, 0.29) is 6.10 Å². The molecule has 0 aromatic heterocycles. The lowest BCUT2D eigenvalue weighted by molar-refractivity contribution is 0.0991. The molecule has 1 unspecified atom stereocenters. The lowest BCUT2D eigenvalue weighted by Gasteiger charge is -2.27. The molecular formula is C14H23NO. The SMILES string of the molecule is CCN(CC(O)c1ccc(C)cc1)C(C)C. The minimum absolute atomic E-state index is 0.386. The smallest absolute Gasteiger partial charge is 0.0917 e. The van der Waals surface area contributed by atoms with E-state index in [4.69, 9.17) is 0 Å². The van der Waals surface area contributed by atoms with Gasteiger partial charge in [-0.15, -0.1) is 0 Å². The number of nitrogens with zero attached hydrogens (tertiary/aromatic N) is 1. The zero-order chi connectivity index (χ0) is 12.1. The van der Waals surface area contributed by atoms with Crippen LogP contribution in [-0.2, 0) is 0 Å². The molecule has 0 radical (unpaired) electrons. The summed E-state index contributed by atoms with van der Waals surface area (Å²) in [5.74, 6) is 0. The molecule has 0 aliphatic carbocycles. The zero-order valence-electron chi connectivity index (χ0n) is 10.8. The molecule has 1 aromatic carbocycles. The first-order chi connectivity index (χ1) is 7.54. The van der Waals surface area contributed by atoms with Crippen molar-refractivity contribution in [3.05, 3.63) is 35.4 Å². The molecule has 1 rings (SSSR count). The van der Waals surface area contributed by atoms with Gasteiger partial charge in [0, 0.05) is 12.6 Å². The van der Waals surface area contributed by atoms with Gasteiger partial charge < -0.3 is 5.11 Å². The quantitative estimate of drug-likeness (QED) is 0.826. The molecular weight excluding hydrogens is 198 g/mol. The third-order valence-corrected chi connectivity index (χ3v) is 3.01. The minimum atomic E-state index is -0.386. The van der Waals surface area contributed by atoms with E-state index < -0.39 is 0 Å². The van der Waals surface area contributed by atoms with Crippen molar-refractivity contribution >= 4 is 0 Å². The van der Waals surface area contributed by atoms with Crippen LogP contribution in [0.2, 0.25) is 0 Å². The third kappa shape index (κ3) is 3.62. The van der Waals surface area contributed by atoms with Crippen LogP contribution in [-0.4, -0.2) is 29.1 Å². The zero-order valence-corrected chi connectivity index (χ0v) is 10.8. The number of aliphatic hydroxyl groups is 1. The van der Waals surface area contributed by atoms with Crippen LogP contribution in [0.25, 0.3) is 0 Å². The predicted octanol–water partition coefficient (Wildman–Crippen LogP) is 2.76. The molecule has 0 fully saturated rings. The molecule has 0 aliphatic rings. The molecule has 16 heavy (non-hydrogen) atoms. The van der Waals surface area contributed by atoms with Crippen LogP contribution in [0.1, 0.15) is 38.0 Å². The molecule has 2 nitrogen and oxygen atoms in total. The van der Waals surface area contributed by atoms with Crippen molar-refractivity contribution < 1.29 is 5.11 Å². The third-order valence-electron chi connectivity index (χ3n) is 3.01. The lowest BCUT2D eigenvalue weighted by Crippen LogP contribution is -2.34. The van der Waals surface area contributed by atoms with Crippen LogP contribution in [0.15, 0.2) is 24.3 Å². The van der Waals surface area contributed by atoms with E-state index in [1.807, 2.05) is 24.3 Å². The van der Waals surface area contributed by atoms with E-state index in [0.717, 1.165) is 12.1 Å². The fourth-order valence-corrected chi connectivity index (χ4v) is 1.82. The van der Waals surface area contributed by atoms with Crippen LogP contribution in [0, 0.1) is 6.92 Å². The Morgan fingerprint density at radius 2 is 1.75 bits per heavy atom. The molecule has 0 aliphatic heterocycles. The fourth-order valence-electron chi connectivity index (χ4n) is 1.82. The number of hydrogen-bond donors (Lipinski definition) is 1. The average molecular weight is 221 g/mol. The Hall–Kier alpha value is -0.860. The number of aliphatic hydroxyl groups excluding tert-OH is 1. The van der Waals surface area contributed by atoms with Gasteiger partial charge in [-0.1, -0.05) is 36.8 Å². The van der Waals surface area contributed by atoms with Gasteiger partial charge in [0.15, 0.2) is 0 Å². The summed E-state index contributed by atoms with van der Waals surface area (Å²) in [6.07, 6.45) is -0.386. The Kier molecular flexibility index (Phi) is 4.97. The summed E-state index contributed by atoms with van der Waals surface area (Å²) in [4.78, 5) is 2.27. The van der Waals surface area contributed by atoms with Gasteiger partial charge >= 0.3 is 0 Å².